The fraction of sp³-hybridized carbons (Fsp3) is 0.250. The lowest BCUT2D eigenvalue weighted by Crippen LogP contribution is -1.99. The molecule has 1 aromatic heterocycles. The summed E-state index contributed by atoms with van der Waals surface area (Å²) in [5, 5.41) is 10.3. The molecule has 0 aliphatic carbocycles. The van der Waals surface area contributed by atoms with Crippen LogP contribution in [0.2, 0.25) is 0 Å². The molecule has 0 spiro atoms. The van der Waals surface area contributed by atoms with Crippen LogP contribution >= 0.6 is 0 Å². The molecule has 126 valence electrons. The topological polar surface area (TPSA) is 84.1 Å². The van der Waals surface area contributed by atoms with Crippen LogP contribution in [0, 0.1) is 11.3 Å². The van der Waals surface area contributed by atoms with E-state index in [4.69, 9.17) is 15.2 Å². The van der Waals surface area contributed by atoms with Gasteiger partial charge in [-0.25, -0.2) is 0 Å². The third kappa shape index (κ3) is 2.81. The van der Waals surface area contributed by atoms with E-state index in [0.29, 0.717) is 12.1 Å². The highest BCUT2D eigenvalue weighted by Crippen LogP contribution is 2.38. The highest BCUT2D eigenvalue weighted by atomic mass is 16.7. The number of hydrogen-bond acceptors (Lipinski definition) is 4. The summed E-state index contributed by atoms with van der Waals surface area (Å²) >= 11 is 0. The molecule has 2 heterocycles. The molecule has 0 bridgehead atoms. The maximum atomic E-state index is 9.22. The van der Waals surface area contributed by atoms with Gasteiger partial charge in [-0.1, -0.05) is 0 Å². The van der Waals surface area contributed by atoms with Gasteiger partial charge >= 0.3 is 0 Å². The van der Waals surface area contributed by atoms with Crippen molar-refractivity contribution in [2.75, 3.05) is 13.3 Å². The lowest BCUT2D eigenvalue weighted by molar-refractivity contribution is 0.174. The van der Waals surface area contributed by atoms with Crippen LogP contribution in [-0.4, -0.2) is 18.3 Å². The maximum Gasteiger partial charge on any atom is 0.231 e. The average molecular weight is 333 g/mol. The molecule has 0 saturated carbocycles. The highest BCUT2D eigenvalue weighted by Gasteiger charge is 2.18. The SMILES string of the molecule is N#Cc1ccc2[nH]c(-c3ccc4c(c3)OCO4)c(CCCCN)c2c1. The number of nitrogens with one attached hydrogen (secondary N) is 1. The number of benzene rings is 2. The molecule has 3 N–H and O–H groups in total. The predicted molar refractivity (Wildman–Crippen MR) is 96.6 cm³/mol. The van der Waals surface area contributed by atoms with Crippen molar-refractivity contribution < 1.29 is 9.47 Å². The fourth-order valence-corrected chi connectivity index (χ4v) is 3.32. The van der Waals surface area contributed by atoms with Crippen LogP contribution in [0.5, 0.6) is 11.5 Å². The van der Waals surface area contributed by atoms with Gasteiger partial charge in [0.05, 0.1) is 11.6 Å². The molecule has 0 atom stereocenters. The Morgan fingerprint density at radius 3 is 2.80 bits per heavy atom. The third-order valence-corrected chi connectivity index (χ3v) is 4.58. The molecule has 2 aromatic carbocycles. The van der Waals surface area contributed by atoms with Gasteiger partial charge in [0.1, 0.15) is 0 Å². The van der Waals surface area contributed by atoms with Gasteiger partial charge in [0, 0.05) is 22.2 Å². The number of nitrogens with two attached hydrogens (primary N) is 1. The molecule has 0 radical (unpaired) electrons. The molecule has 25 heavy (non-hydrogen) atoms. The van der Waals surface area contributed by atoms with Crippen molar-refractivity contribution in [3.05, 3.63) is 47.5 Å². The summed E-state index contributed by atoms with van der Waals surface area (Å²) in [6.45, 7) is 0.950. The minimum absolute atomic E-state index is 0.264. The zero-order valence-electron chi connectivity index (χ0n) is 13.8. The quantitative estimate of drug-likeness (QED) is 0.697. The van der Waals surface area contributed by atoms with Gasteiger partial charge in [-0.2, -0.15) is 5.26 Å². The molecule has 5 nitrogen and oxygen atoms in total. The second kappa shape index (κ2) is 6.50. The zero-order valence-corrected chi connectivity index (χ0v) is 13.8. The Morgan fingerprint density at radius 2 is 1.96 bits per heavy atom. The molecule has 1 aliphatic heterocycles. The summed E-state index contributed by atoms with van der Waals surface area (Å²) in [4.78, 5) is 3.51. The van der Waals surface area contributed by atoms with Crippen molar-refractivity contribution in [2.24, 2.45) is 5.73 Å². The van der Waals surface area contributed by atoms with Gasteiger partial charge in [-0.3, -0.25) is 0 Å². The standard InChI is InChI=1S/C20H19N3O2/c21-8-2-1-3-15-16-9-13(11-22)4-6-17(16)23-20(15)14-5-7-18-19(10-14)25-12-24-18/h4-7,9-10,23H,1-3,8,12,21H2. The first-order chi connectivity index (χ1) is 12.3. The second-order valence-corrected chi connectivity index (χ2v) is 6.16. The van der Waals surface area contributed by atoms with Crippen LogP contribution < -0.4 is 15.2 Å². The number of ether oxygens (including phenoxy) is 2. The number of aryl methyl sites for hydroxylation is 1. The van der Waals surface area contributed by atoms with Gasteiger partial charge in [0.25, 0.3) is 0 Å². The van der Waals surface area contributed by atoms with Crippen molar-refractivity contribution in [1.82, 2.24) is 4.98 Å². The lowest BCUT2D eigenvalue weighted by Gasteiger charge is -2.06. The molecule has 0 fully saturated rings. The Morgan fingerprint density at radius 1 is 1.08 bits per heavy atom. The number of rotatable bonds is 5. The van der Waals surface area contributed by atoms with Gasteiger partial charge in [-0.15, -0.1) is 0 Å². The summed E-state index contributed by atoms with van der Waals surface area (Å²) in [6, 6.07) is 14.0. The number of aromatic nitrogens is 1. The average Bonchev–Trinajstić information content (AvgIpc) is 3.25. The number of fused-ring (bicyclic) bond motifs is 2. The molecule has 0 unspecified atom stereocenters. The summed E-state index contributed by atoms with van der Waals surface area (Å²) in [5.74, 6) is 1.54. The first-order valence-electron chi connectivity index (χ1n) is 8.45. The van der Waals surface area contributed by atoms with Crippen molar-refractivity contribution in [1.29, 1.82) is 5.26 Å². The third-order valence-electron chi connectivity index (χ3n) is 4.58. The van der Waals surface area contributed by atoms with Crippen molar-refractivity contribution >= 4 is 10.9 Å². The van der Waals surface area contributed by atoms with Crippen molar-refractivity contribution in [3.8, 4) is 28.8 Å². The molecular weight excluding hydrogens is 314 g/mol. The number of nitrogens with zero attached hydrogens (tertiary/aromatic N) is 1. The molecule has 1 aliphatic rings. The summed E-state index contributed by atoms with van der Waals surface area (Å²) in [5.41, 5.74) is 10.7. The minimum Gasteiger partial charge on any atom is -0.454 e. The summed E-state index contributed by atoms with van der Waals surface area (Å²) in [7, 11) is 0. The Balaban J connectivity index is 1.84. The first kappa shape index (κ1) is 15.6. The predicted octanol–water partition coefficient (Wildman–Crippen LogP) is 3.72. The maximum absolute atomic E-state index is 9.22. The highest BCUT2D eigenvalue weighted by molar-refractivity contribution is 5.92. The van der Waals surface area contributed by atoms with Gasteiger partial charge < -0.3 is 20.2 Å². The molecule has 0 amide bonds. The van der Waals surface area contributed by atoms with E-state index in [9.17, 15) is 5.26 Å². The van der Waals surface area contributed by atoms with Crippen LogP contribution in [0.15, 0.2) is 36.4 Å². The van der Waals surface area contributed by atoms with Crippen LogP contribution in [0.1, 0.15) is 24.0 Å². The van der Waals surface area contributed by atoms with E-state index in [-0.39, 0.29) is 6.79 Å². The van der Waals surface area contributed by atoms with E-state index in [1.165, 1.54) is 5.56 Å². The fourth-order valence-electron chi connectivity index (χ4n) is 3.32. The zero-order chi connectivity index (χ0) is 17.2. The molecule has 4 rings (SSSR count). The summed E-state index contributed by atoms with van der Waals surface area (Å²) in [6.07, 6.45) is 2.90. The van der Waals surface area contributed by atoms with Gasteiger partial charge in [0.2, 0.25) is 6.79 Å². The lowest BCUT2D eigenvalue weighted by atomic mass is 9.99. The first-order valence-corrected chi connectivity index (χ1v) is 8.45. The van der Waals surface area contributed by atoms with E-state index in [2.05, 4.69) is 11.1 Å². The van der Waals surface area contributed by atoms with E-state index in [1.54, 1.807) is 0 Å². The smallest absolute Gasteiger partial charge is 0.231 e. The Hall–Kier alpha value is -2.97. The minimum atomic E-state index is 0.264. The molecule has 5 heteroatoms. The number of aromatic amines is 1. The van der Waals surface area contributed by atoms with Gasteiger partial charge in [0.15, 0.2) is 11.5 Å². The van der Waals surface area contributed by atoms with E-state index >= 15 is 0 Å². The monoisotopic (exact) mass is 333 g/mol. The van der Waals surface area contributed by atoms with E-state index in [1.807, 2.05) is 36.4 Å². The van der Waals surface area contributed by atoms with E-state index < -0.39 is 0 Å². The number of unbranched alkanes of at least 4 members (excludes halogenated alkanes) is 1. The van der Waals surface area contributed by atoms with Crippen LogP contribution in [0.4, 0.5) is 0 Å². The second-order valence-electron chi connectivity index (χ2n) is 6.16. The van der Waals surface area contributed by atoms with Crippen molar-refractivity contribution in [2.45, 2.75) is 19.3 Å². The largest absolute Gasteiger partial charge is 0.454 e. The van der Waals surface area contributed by atoms with Crippen LogP contribution in [-0.2, 0) is 6.42 Å². The number of nitriles is 1. The van der Waals surface area contributed by atoms with Gasteiger partial charge in [-0.05, 0) is 67.8 Å². The number of H-pyrrole nitrogens is 1. The van der Waals surface area contributed by atoms with Crippen LogP contribution in [0.25, 0.3) is 22.2 Å². The molecule has 0 saturated heterocycles. The van der Waals surface area contributed by atoms with E-state index in [0.717, 1.165) is 52.9 Å². The molecule has 3 aromatic rings. The Bertz CT molecular complexity index is 969. The normalized spacial score (nSPS) is 12.5. The van der Waals surface area contributed by atoms with Crippen LogP contribution in [0.3, 0.4) is 0 Å². The number of hydrogen-bond donors (Lipinski definition) is 2. The Kier molecular flexibility index (Phi) is 4.04. The summed E-state index contributed by atoms with van der Waals surface area (Å²) < 4.78 is 10.9. The van der Waals surface area contributed by atoms with Crippen molar-refractivity contribution in [3.63, 3.8) is 0 Å². The Labute approximate surface area is 146 Å². The molecular formula is C20H19N3O2.